The molecule has 0 heterocycles. The van der Waals surface area contributed by atoms with Crippen molar-refractivity contribution in [2.75, 3.05) is 119 Å². The molecule has 0 saturated heterocycles. The maximum atomic E-state index is 13.9. The number of carboxylic acid groups (broad SMARTS) is 1. The van der Waals surface area contributed by atoms with Crippen LogP contribution in [-0.4, -0.2) is 184 Å². The second kappa shape index (κ2) is 34.8. The normalized spacial score (nSPS) is 25.9. The summed E-state index contributed by atoms with van der Waals surface area (Å²) in [4.78, 5) is 87.7. The summed E-state index contributed by atoms with van der Waals surface area (Å²) < 4.78 is 52.7. The molecule has 0 radical (unpaired) electrons. The summed E-state index contributed by atoms with van der Waals surface area (Å²) in [5.41, 5.74) is 0.346. The summed E-state index contributed by atoms with van der Waals surface area (Å²) in [6, 6.07) is 0. The molecule has 4 aliphatic rings. The zero-order chi connectivity index (χ0) is 58.7. The maximum absolute atomic E-state index is 13.9. The van der Waals surface area contributed by atoms with Crippen molar-refractivity contribution >= 4 is 42.0 Å². The van der Waals surface area contributed by atoms with E-state index < -0.39 is 48.0 Å². The smallest absolute Gasteiger partial charge is 0.407 e. The van der Waals surface area contributed by atoms with Gasteiger partial charge in [0.15, 0.2) is 0 Å². The van der Waals surface area contributed by atoms with Gasteiger partial charge in [-0.3, -0.25) is 19.2 Å². The van der Waals surface area contributed by atoms with E-state index in [1.54, 1.807) is 20.8 Å². The highest BCUT2D eigenvalue weighted by molar-refractivity contribution is 5.92. The first kappa shape index (κ1) is 67.2. The Hall–Kier alpha value is -5.33. The Morgan fingerprint density at radius 2 is 0.938 bits per heavy atom. The Morgan fingerprint density at radius 3 is 1.36 bits per heavy atom. The third-order valence-corrected chi connectivity index (χ3v) is 16.5. The van der Waals surface area contributed by atoms with Gasteiger partial charge in [-0.15, -0.1) is 0 Å². The summed E-state index contributed by atoms with van der Waals surface area (Å²) in [5.74, 6) is -1.84. The number of carboxylic acids is 1. The Bertz CT molecular complexity index is 2060. The number of ether oxygens (including phenoxy) is 9. The molecule has 80 heavy (non-hydrogen) atoms. The van der Waals surface area contributed by atoms with E-state index in [2.05, 4.69) is 72.4 Å². The van der Waals surface area contributed by atoms with E-state index >= 15 is 0 Å². The molecule has 1 unspecified atom stereocenters. The van der Waals surface area contributed by atoms with Crippen LogP contribution in [0, 0.1) is 46.3 Å². The molecule has 6 amide bonds. The van der Waals surface area contributed by atoms with Gasteiger partial charge in [-0.05, 0) is 107 Å². The zero-order valence-electron chi connectivity index (χ0n) is 48.4. The molecule has 11 atom stereocenters. The molecular formula is C57H94N6O17. The summed E-state index contributed by atoms with van der Waals surface area (Å²) in [6.45, 7) is 27.2. The second-order valence-electron chi connectivity index (χ2n) is 22.1. The van der Waals surface area contributed by atoms with Crippen molar-refractivity contribution < 1.29 is 81.3 Å². The fourth-order valence-corrected chi connectivity index (χ4v) is 12.4. The largest absolute Gasteiger partial charge is 0.481 e. The van der Waals surface area contributed by atoms with Crippen LogP contribution in [0.3, 0.4) is 0 Å². The lowest BCUT2D eigenvalue weighted by atomic mass is 9.43. The van der Waals surface area contributed by atoms with E-state index in [1.807, 2.05) is 0 Å². The maximum Gasteiger partial charge on any atom is 0.407 e. The average molecular weight is 1140 g/mol. The van der Waals surface area contributed by atoms with Crippen molar-refractivity contribution in [2.45, 2.75) is 118 Å². The van der Waals surface area contributed by atoms with Crippen LogP contribution < -0.4 is 31.9 Å². The molecule has 7 N–H and O–H groups in total. The van der Waals surface area contributed by atoms with Crippen LogP contribution in [0.2, 0.25) is 0 Å². The number of hydrogen-bond acceptors (Lipinski definition) is 16. The fraction of sp³-hybridized carbons (Fsp3) is 0.772. The SMILES string of the molecule is C=C(C)C(=O)NCCOCCOCCNC(=O)O[C@@H]1CC[C@@]2(C)C(C1)C[C@@H](OC(=O)NCCOCCOCCNC(=O)C(=C)C)[C@H]1[C@@H]3CC[C@H]([C@H](C)CCC(=O)O)[C@@]3(C)[C@@H](OC(=O)NCCOCCOCCNC(=O)C(=C)C)C[C@@H]12. The van der Waals surface area contributed by atoms with Gasteiger partial charge >= 0.3 is 24.2 Å². The van der Waals surface area contributed by atoms with Crippen molar-refractivity contribution in [3.8, 4) is 0 Å². The van der Waals surface area contributed by atoms with Gasteiger partial charge < -0.3 is 79.6 Å². The summed E-state index contributed by atoms with van der Waals surface area (Å²) in [5, 5.41) is 26.4. The van der Waals surface area contributed by atoms with Gasteiger partial charge in [0.2, 0.25) is 17.7 Å². The number of aliphatic carboxylic acids is 1. The van der Waals surface area contributed by atoms with Crippen LogP contribution in [0.5, 0.6) is 0 Å². The first-order valence-corrected chi connectivity index (χ1v) is 28.5. The molecule has 0 bridgehead atoms. The molecular weight excluding hydrogens is 1040 g/mol. The van der Waals surface area contributed by atoms with Crippen LogP contribution in [0.15, 0.2) is 36.5 Å². The van der Waals surface area contributed by atoms with Crippen molar-refractivity contribution in [2.24, 2.45) is 46.3 Å². The number of alkyl carbamates (subject to hydrolysis) is 3. The van der Waals surface area contributed by atoms with Gasteiger partial charge in [0.25, 0.3) is 0 Å². The second-order valence-corrected chi connectivity index (χ2v) is 22.1. The fourth-order valence-electron chi connectivity index (χ4n) is 12.4. The van der Waals surface area contributed by atoms with E-state index in [4.69, 9.17) is 42.6 Å². The van der Waals surface area contributed by atoms with E-state index in [-0.39, 0.29) is 118 Å². The molecule has 0 aromatic carbocycles. The van der Waals surface area contributed by atoms with E-state index in [0.717, 1.165) is 12.8 Å². The third kappa shape index (κ3) is 21.5. The molecule has 23 heteroatoms. The summed E-state index contributed by atoms with van der Waals surface area (Å²) >= 11 is 0. The monoisotopic (exact) mass is 1130 g/mol. The lowest BCUT2D eigenvalue weighted by Crippen LogP contribution is -2.64. The van der Waals surface area contributed by atoms with Gasteiger partial charge in [-0.25, -0.2) is 14.4 Å². The number of carbonyl (C=O) groups excluding carboxylic acids is 6. The minimum atomic E-state index is -0.872. The van der Waals surface area contributed by atoms with E-state index in [0.29, 0.717) is 121 Å². The van der Waals surface area contributed by atoms with Crippen LogP contribution in [0.25, 0.3) is 0 Å². The quantitative estimate of drug-likeness (QED) is 0.0249. The predicted molar refractivity (Wildman–Crippen MR) is 295 cm³/mol. The minimum Gasteiger partial charge on any atom is -0.481 e. The number of amides is 6. The van der Waals surface area contributed by atoms with Crippen LogP contribution >= 0.6 is 0 Å². The van der Waals surface area contributed by atoms with Gasteiger partial charge in [-0.1, -0.05) is 40.5 Å². The first-order valence-electron chi connectivity index (χ1n) is 28.5. The molecule has 454 valence electrons. The lowest BCUT2D eigenvalue weighted by Gasteiger charge is -2.64. The highest BCUT2D eigenvalue weighted by atomic mass is 16.6. The minimum absolute atomic E-state index is 0.00752. The van der Waals surface area contributed by atoms with Gasteiger partial charge in [0, 0.05) is 73.7 Å². The number of hydrogen-bond donors (Lipinski definition) is 7. The summed E-state index contributed by atoms with van der Waals surface area (Å²) in [7, 11) is 0. The lowest BCUT2D eigenvalue weighted by molar-refractivity contribution is -0.206. The molecule has 4 rings (SSSR count). The molecule has 4 fully saturated rings. The standard InChI is InChI=1S/C57H94N6O17/c1-37(2)50(66)58-16-22-72-28-31-75-25-19-61-53(69)78-42-14-15-56(8)41(34-42)35-46(79-54(70)62-20-26-76-32-29-73-23-17-59-51(67)38(3)4)49-44-12-11-43(40(7)10-13-48(64)65)57(44,9)47(36-45(49)56)80-55(71)63-21-27-77-33-30-74-24-18-60-52(68)39(5)6/h40-47,49H,1,3,5,10-36H2,2,4,6-9H3,(H,58,66)(H,59,67)(H,60,68)(H,61,69)(H,62,70)(H,63,71)(H,64,65)/t40-,41?,42-,43-,44+,45+,46-,47+,49+,56+,57-/m1/s1. The number of rotatable bonds is 37. The Morgan fingerprint density at radius 1 is 0.525 bits per heavy atom. The summed E-state index contributed by atoms with van der Waals surface area (Å²) in [6.07, 6.45) is 1.66. The van der Waals surface area contributed by atoms with Crippen molar-refractivity contribution in [3.63, 3.8) is 0 Å². The van der Waals surface area contributed by atoms with Gasteiger partial charge in [0.1, 0.15) is 18.3 Å². The average Bonchev–Trinajstić information content (AvgIpc) is 3.84. The van der Waals surface area contributed by atoms with Crippen LogP contribution in [-0.2, 0) is 61.8 Å². The number of carbonyl (C=O) groups is 7. The van der Waals surface area contributed by atoms with Crippen LogP contribution in [0.1, 0.15) is 99.3 Å². The molecule has 23 nitrogen and oxygen atoms in total. The molecule has 4 aliphatic carbocycles. The molecule has 0 spiro atoms. The Kier molecular flexibility index (Phi) is 29.3. The van der Waals surface area contributed by atoms with Gasteiger partial charge in [0.05, 0.1) is 79.3 Å². The molecule has 0 aromatic heterocycles. The number of nitrogens with one attached hydrogen (secondary N) is 6. The highest BCUT2D eigenvalue weighted by Crippen LogP contribution is 2.69. The molecule has 4 saturated carbocycles. The van der Waals surface area contributed by atoms with Crippen LogP contribution in [0.4, 0.5) is 14.4 Å². The Labute approximate surface area is 472 Å². The van der Waals surface area contributed by atoms with Gasteiger partial charge in [-0.2, -0.15) is 0 Å². The Balaban J connectivity index is 1.42. The number of fused-ring (bicyclic) bond motifs is 5. The first-order chi connectivity index (χ1) is 38.2. The third-order valence-electron chi connectivity index (χ3n) is 16.5. The molecule has 0 aliphatic heterocycles. The molecule has 0 aromatic rings. The topological polar surface area (TPSA) is 295 Å². The van der Waals surface area contributed by atoms with Crippen molar-refractivity contribution in [1.29, 1.82) is 0 Å². The van der Waals surface area contributed by atoms with E-state index in [1.165, 1.54) is 0 Å². The van der Waals surface area contributed by atoms with Crippen molar-refractivity contribution in [3.05, 3.63) is 36.5 Å². The van der Waals surface area contributed by atoms with Crippen molar-refractivity contribution in [1.82, 2.24) is 31.9 Å². The zero-order valence-corrected chi connectivity index (χ0v) is 48.4. The predicted octanol–water partition coefficient (Wildman–Crippen LogP) is 4.83. The highest BCUT2D eigenvalue weighted by Gasteiger charge is 2.68. The van der Waals surface area contributed by atoms with E-state index in [9.17, 15) is 38.7 Å².